The van der Waals surface area contributed by atoms with Gasteiger partial charge in [-0.3, -0.25) is 19.2 Å². The van der Waals surface area contributed by atoms with Crippen LogP contribution in [0.25, 0.3) is 0 Å². The van der Waals surface area contributed by atoms with E-state index >= 15 is 0 Å². The van der Waals surface area contributed by atoms with Crippen molar-refractivity contribution < 1.29 is 22.9 Å². The molecule has 132 valence electrons. The summed E-state index contributed by atoms with van der Waals surface area (Å²) in [7, 11) is -3.02. The van der Waals surface area contributed by atoms with Crippen LogP contribution in [0, 0.1) is 10.1 Å². The SMILES string of the molecule is COc1cccc(N(CC(=O)Cl)S(=O)(=O)c2ccccc2[N+](=O)[O-])c1. The van der Waals surface area contributed by atoms with Crippen molar-refractivity contribution >= 4 is 38.2 Å². The number of nitrogens with zero attached hydrogens (tertiary/aromatic N) is 2. The average molecular weight is 385 g/mol. The van der Waals surface area contributed by atoms with Gasteiger partial charge in [-0.15, -0.1) is 0 Å². The Bertz CT molecular complexity index is 916. The maximum absolute atomic E-state index is 13.0. The smallest absolute Gasteiger partial charge is 0.289 e. The number of carbonyl (C=O) groups excluding carboxylic acids is 1. The van der Waals surface area contributed by atoms with E-state index < -0.39 is 37.3 Å². The minimum atomic E-state index is -4.42. The van der Waals surface area contributed by atoms with Crippen LogP contribution in [0.3, 0.4) is 0 Å². The second kappa shape index (κ2) is 7.49. The van der Waals surface area contributed by atoms with E-state index in [0.717, 1.165) is 12.1 Å². The molecule has 0 atom stereocenters. The van der Waals surface area contributed by atoms with Crippen LogP contribution in [0.1, 0.15) is 0 Å². The maximum atomic E-state index is 13.0. The van der Waals surface area contributed by atoms with Gasteiger partial charge in [-0.1, -0.05) is 18.2 Å². The van der Waals surface area contributed by atoms with Crippen LogP contribution in [0.15, 0.2) is 53.4 Å². The largest absolute Gasteiger partial charge is 0.497 e. The summed E-state index contributed by atoms with van der Waals surface area (Å²) in [5.74, 6) is 0.349. The first-order valence-electron chi connectivity index (χ1n) is 6.86. The van der Waals surface area contributed by atoms with Gasteiger partial charge in [-0.05, 0) is 29.8 Å². The first-order valence-corrected chi connectivity index (χ1v) is 8.67. The fourth-order valence-corrected chi connectivity index (χ4v) is 3.90. The van der Waals surface area contributed by atoms with Crippen LogP contribution in [0.4, 0.5) is 11.4 Å². The van der Waals surface area contributed by atoms with E-state index in [0.29, 0.717) is 10.1 Å². The highest BCUT2D eigenvalue weighted by Crippen LogP contribution is 2.31. The number of hydrogen-bond acceptors (Lipinski definition) is 6. The lowest BCUT2D eigenvalue weighted by Crippen LogP contribution is -2.34. The quantitative estimate of drug-likeness (QED) is 0.412. The van der Waals surface area contributed by atoms with Gasteiger partial charge in [0.2, 0.25) is 5.24 Å². The van der Waals surface area contributed by atoms with Gasteiger partial charge < -0.3 is 4.74 Å². The molecular formula is C15H13ClN2O6S. The van der Waals surface area contributed by atoms with Gasteiger partial charge in [-0.2, -0.15) is 0 Å². The third kappa shape index (κ3) is 4.06. The molecule has 25 heavy (non-hydrogen) atoms. The molecule has 0 spiro atoms. The van der Waals surface area contributed by atoms with Gasteiger partial charge in [0.25, 0.3) is 15.7 Å². The van der Waals surface area contributed by atoms with Crippen LogP contribution < -0.4 is 9.04 Å². The molecule has 0 aliphatic rings. The molecule has 2 rings (SSSR count). The topological polar surface area (TPSA) is 107 Å². The van der Waals surface area contributed by atoms with Gasteiger partial charge >= 0.3 is 0 Å². The molecular weight excluding hydrogens is 372 g/mol. The number of halogens is 1. The zero-order valence-corrected chi connectivity index (χ0v) is 14.5. The van der Waals surface area contributed by atoms with E-state index in [4.69, 9.17) is 16.3 Å². The van der Waals surface area contributed by atoms with Crippen LogP contribution in [-0.4, -0.2) is 32.2 Å². The van der Waals surface area contributed by atoms with Crippen molar-refractivity contribution in [1.29, 1.82) is 0 Å². The van der Waals surface area contributed by atoms with E-state index in [9.17, 15) is 23.3 Å². The lowest BCUT2D eigenvalue weighted by molar-refractivity contribution is -0.387. The Morgan fingerprint density at radius 3 is 2.52 bits per heavy atom. The zero-order chi connectivity index (χ0) is 18.6. The highest BCUT2D eigenvalue weighted by Gasteiger charge is 2.32. The maximum Gasteiger partial charge on any atom is 0.289 e. The van der Waals surface area contributed by atoms with Crippen LogP contribution in [0.2, 0.25) is 0 Å². The van der Waals surface area contributed by atoms with E-state index in [1.807, 2.05) is 0 Å². The number of sulfonamides is 1. The minimum absolute atomic E-state index is 0.0894. The molecule has 8 nitrogen and oxygen atoms in total. The number of rotatable bonds is 7. The Hall–Kier alpha value is -2.65. The summed E-state index contributed by atoms with van der Waals surface area (Å²) in [6.45, 7) is -0.691. The van der Waals surface area contributed by atoms with Crippen molar-refractivity contribution in [1.82, 2.24) is 0 Å². The number of hydrogen-bond donors (Lipinski definition) is 0. The predicted molar refractivity (Wildman–Crippen MR) is 91.5 cm³/mol. The molecule has 0 aliphatic heterocycles. The highest BCUT2D eigenvalue weighted by molar-refractivity contribution is 7.93. The van der Waals surface area contributed by atoms with Gasteiger partial charge in [0.15, 0.2) is 4.90 Å². The molecule has 0 unspecified atom stereocenters. The molecule has 0 aliphatic carbocycles. The molecule has 2 aromatic rings. The summed E-state index contributed by atoms with van der Waals surface area (Å²) in [5.41, 5.74) is -0.510. The van der Waals surface area contributed by atoms with Gasteiger partial charge in [0.1, 0.15) is 12.3 Å². The molecule has 0 saturated heterocycles. The minimum Gasteiger partial charge on any atom is -0.497 e. The van der Waals surface area contributed by atoms with Crippen molar-refractivity contribution in [2.75, 3.05) is 18.0 Å². The number of anilines is 1. The molecule has 0 bridgehead atoms. The number of benzene rings is 2. The van der Waals surface area contributed by atoms with Gasteiger partial charge in [0.05, 0.1) is 17.7 Å². The summed E-state index contributed by atoms with van der Waals surface area (Å²) in [4.78, 5) is 21.2. The number of nitro benzene ring substituents is 1. The summed E-state index contributed by atoms with van der Waals surface area (Å²) >= 11 is 5.38. The summed E-state index contributed by atoms with van der Waals surface area (Å²) < 4.78 is 31.7. The van der Waals surface area contributed by atoms with Crippen LogP contribution in [0.5, 0.6) is 5.75 Å². The van der Waals surface area contributed by atoms with Gasteiger partial charge in [0, 0.05) is 12.1 Å². The summed E-state index contributed by atoms with van der Waals surface area (Å²) in [6.07, 6.45) is 0. The normalized spacial score (nSPS) is 11.0. The van der Waals surface area contributed by atoms with E-state index in [1.54, 1.807) is 6.07 Å². The molecule has 0 saturated carbocycles. The highest BCUT2D eigenvalue weighted by atomic mass is 35.5. The molecule has 0 aromatic heterocycles. The number of methoxy groups -OCH3 is 1. The molecule has 0 N–H and O–H groups in total. The Morgan fingerprint density at radius 2 is 1.92 bits per heavy atom. The first kappa shape index (κ1) is 18.7. The number of carbonyl (C=O) groups is 1. The zero-order valence-electron chi connectivity index (χ0n) is 13.0. The van der Waals surface area contributed by atoms with Crippen molar-refractivity contribution in [3.05, 3.63) is 58.6 Å². The van der Waals surface area contributed by atoms with Crippen molar-refractivity contribution in [3.8, 4) is 5.75 Å². The first-order chi connectivity index (χ1) is 11.8. The monoisotopic (exact) mass is 384 g/mol. The Kier molecular flexibility index (Phi) is 5.60. The second-order valence-electron chi connectivity index (χ2n) is 4.79. The number of para-hydroxylation sites is 1. The van der Waals surface area contributed by atoms with Crippen LogP contribution in [-0.2, 0) is 14.8 Å². The Morgan fingerprint density at radius 1 is 1.24 bits per heavy atom. The van der Waals surface area contributed by atoms with E-state index in [1.165, 1.54) is 37.4 Å². The molecule has 0 fully saturated rings. The molecule has 0 amide bonds. The molecule has 0 heterocycles. The third-order valence-electron chi connectivity index (χ3n) is 3.24. The van der Waals surface area contributed by atoms with Crippen molar-refractivity contribution in [2.45, 2.75) is 4.90 Å². The Labute approximate surface area is 148 Å². The fourth-order valence-electron chi connectivity index (χ4n) is 2.14. The predicted octanol–water partition coefficient (Wildman–Crippen LogP) is 2.56. The van der Waals surface area contributed by atoms with Crippen molar-refractivity contribution in [2.24, 2.45) is 0 Å². The lowest BCUT2D eigenvalue weighted by atomic mass is 10.3. The number of nitro groups is 1. The van der Waals surface area contributed by atoms with Crippen molar-refractivity contribution in [3.63, 3.8) is 0 Å². The standard InChI is InChI=1S/C15H13ClN2O6S/c1-24-12-6-4-5-11(9-12)17(10-15(16)19)25(22,23)14-8-3-2-7-13(14)18(20)21/h2-9H,10H2,1H3. The molecule has 10 heteroatoms. The average Bonchev–Trinajstić information content (AvgIpc) is 2.59. The molecule has 2 aromatic carbocycles. The summed E-state index contributed by atoms with van der Waals surface area (Å²) in [5, 5.41) is 10.2. The van der Waals surface area contributed by atoms with E-state index in [2.05, 4.69) is 0 Å². The van der Waals surface area contributed by atoms with E-state index in [-0.39, 0.29) is 5.69 Å². The second-order valence-corrected chi connectivity index (χ2v) is 7.05. The third-order valence-corrected chi connectivity index (χ3v) is 5.18. The van der Waals surface area contributed by atoms with Crippen LogP contribution >= 0.6 is 11.6 Å². The Balaban J connectivity index is 2.65. The number of ether oxygens (including phenoxy) is 1. The fraction of sp³-hybridized carbons (Fsp3) is 0.133. The molecule has 0 radical (unpaired) electrons. The van der Waals surface area contributed by atoms with Gasteiger partial charge in [-0.25, -0.2) is 8.42 Å². The summed E-state index contributed by atoms with van der Waals surface area (Å²) in [6, 6.07) is 10.8. The lowest BCUT2D eigenvalue weighted by Gasteiger charge is -2.23.